The largest absolute Gasteiger partial charge is 0.481 e. The highest BCUT2D eigenvalue weighted by atomic mass is 16.4. The number of hydrogen-bond donors (Lipinski definition) is 3. The first-order chi connectivity index (χ1) is 13.0. The number of aldehydes is 1. The van der Waals surface area contributed by atoms with Gasteiger partial charge in [0.2, 0.25) is 0 Å². The van der Waals surface area contributed by atoms with Crippen molar-refractivity contribution < 1.29 is 19.8 Å². The molecule has 0 aromatic carbocycles. The number of aromatic nitrogens is 1. The van der Waals surface area contributed by atoms with Crippen LogP contribution in [0.3, 0.4) is 0 Å². The van der Waals surface area contributed by atoms with Gasteiger partial charge < -0.3 is 20.3 Å². The first-order valence-electron chi connectivity index (χ1n) is 9.82. The average Bonchev–Trinajstić information content (AvgIpc) is 2.66. The van der Waals surface area contributed by atoms with Gasteiger partial charge >= 0.3 is 5.97 Å². The molecule has 0 radical (unpaired) electrons. The Balaban J connectivity index is 2.44. The van der Waals surface area contributed by atoms with Gasteiger partial charge in [0.05, 0.1) is 17.8 Å². The van der Waals surface area contributed by atoms with Crippen LogP contribution in [-0.2, 0) is 9.59 Å². The summed E-state index contributed by atoms with van der Waals surface area (Å²) in [5.41, 5.74) is 0.671. The number of nitrogens with zero attached hydrogens (tertiary/aromatic N) is 1. The molecule has 3 N–H and O–H groups in total. The van der Waals surface area contributed by atoms with E-state index in [1.807, 2.05) is 6.07 Å². The maximum absolute atomic E-state index is 11.1. The summed E-state index contributed by atoms with van der Waals surface area (Å²) < 4.78 is 0. The van der Waals surface area contributed by atoms with E-state index in [1.54, 1.807) is 24.3 Å². The van der Waals surface area contributed by atoms with Crippen molar-refractivity contribution in [2.24, 2.45) is 0 Å². The zero-order chi connectivity index (χ0) is 19.9. The van der Waals surface area contributed by atoms with E-state index in [0.29, 0.717) is 17.8 Å². The molecule has 1 rings (SSSR count). The van der Waals surface area contributed by atoms with Crippen molar-refractivity contribution in [3.63, 3.8) is 0 Å². The number of carboxylic acids is 1. The lowest BCUT2D eigenvalue weighted by Crippen LogP contribution is -2.22. The minimum absolute atomic E-state index is 0.0827. The Morgan fingerprint density at radius 3 is 2.63 bits per heavy atom. The molecule has 0 fully saturated rings. The molecular formula is C21H32N2O4. The number of hydrogen-bond acceptors (Lipinski definition) is 5. The van der Waals surface area contributed by atoms with Crippen LogP contribution in [0.25, 0.3) is 6.08 Å². The molecule has 0 spiro atoms. The van der Waals surface area contributed by atoms with Crippen molar-refractivity contribution in [1.82, 2.24) is 4.98 Å². The summed E-state index contributed by atoms with van der Waals surface area (Å²) in [4.78, 5) is 26.1. The molecule has 2 unspecified atom stereocenters. The molecule has 2 atom stereocenters. The third-order valence-electron chi connectivity index (χ3n) is 4.28. The Hall–Kier alpha value is -2.21. The van der Waals surface area contributed by atoms with Crippen LogP contribution in [0.2, 0.25) is 0 Å². The van der Waals surface area contributed by atoms with E-state index in [1.165, 1.54) is 25.7 Å². The van der Waals surface area contributed by atoms with Crippen molar-refractivity contribution in [3.8, 4) is 0 Å². The van der Waals surface area contributed by atoms with E-state index >= 15 is 0 Å². The smallest absolute Gasteiger partial charge is 0.303 e. The van der Waals surface area contributed by atoms with E-state index in [9.17, 15) is 14.7 Å². The fourth-order valence-corrected chi connectivity index (χ4v) is 2.71. The van der Waals surface area contributed by atoms with Gasteiger partial charge in [-0.25, -0.2) is 4.98 Å². The summed E-state index contributed by atoms with van der Waals surface area (Å²) in [6, 6.07) is 4.74. The van der Waals surface area contributed by atoms with Gasteiger partial charge in [-0.15, -0.1) is 0 Å². The number of aliphatic hydroxyl groups excluding tert-OH is 1. The fourth-order valence-electron chi connectivity index (χ4n) is 2.71. The van der Waals surface area contributed by atoms with E-state index in [-0.39, 0.29) is 12.8 Å². The van der Waals surface area contributed by atoms with E-state index in [2.05, 4.69) is 17.2 Å². The lowest BCUT2D eigenvalue weighted by Gasteiger charge is -2.12. The minimum Gasteiger partial charge on any atom is -0.481 e. The Kier molecular flexibility index (Phi) is 11.8. The minimum atomic E-state index is -0.937. The number of aliphatic hydroxyl groups is 1. The van der Waals surface area contributed by atoms with Gasteiger partial charge in [-0.3, -0.25) is 4.79 Å². The summed E-state index contributed by atoms with van der Waals surface area (Å²) in [6.07, 6.45) is 11.7. The van der Waals surface area contributed by atoms with Gasteiger partial charge in [-0.1, -0.05) is 57.6 Å². The standard InChI is InChI=1S/C21H32N2O4/c1-2-3-4-5-6-7-10-19(25)14-12-17-9-8-11-20(22-17)23-18(16-24)13-15-21(26)27/h8-9,11-12,14,16,18-19,25H,2-7,10,13,15H2,1H3,(H,22,23)(H,26,27)/b14-12+. The maximum Gasteiger partial charge on any atom is 0.303 e. The molecule has 150 valence electrons. The number of carbonyl (C=O) groups is 2. The van der Waals surface area contributed by atoms with Crippen molar-refractivity contribution in [2.45, 2.75) is 76.9 Å². The number of pyridine rings is 1. The van der Waals surface area contributed by atoms with Gasteiger partial charge in [-0.05, 0) is 31.1 Å². The number of anilines is 1. The van der Waals surface area contributed by atoms with E-state index < -0.39 is 18.1 Å². The van der Waals surface area contributed by atoms with Gasteiger partial charge in [0.15, 0.2) is 0 Å². The molecule has 27 heavy (non-hydrogen) atoms. The lowest BCUT2D eigenvalue weighted by atomic mass is 10.1. The molecular weight excluding hydrogens is 344 g/mol. The second-order valence-electron chi connectivity index (χ2n) is 6.75. The molecule has 1 aromatic rings. The van der Waals surface area contributed by atoms with Crippen molar-refractivity contribution >= 4 is 24.1 Å². The molecule has 1 aromatic heterocycles. The molecule has 0 aliphatic heterocycles. The topological polar surface area (TPSA) is 99.5 Å². The Morgan fingerprint density at radius 1 is 1.19 bits per heavy atom. The van der Waals surface area contributed by atoms with Crippen molar-refractivity contribution in [3.05, 3.63) is 30.0 Å². The van der Waals surface area contributed by atoms with Crippen LogP contribution in [0, 0.1) is 0 Å². The summed E-state index contributed by atoms with van der Waals surface area (Å²) in [6.45, 7) is 2.20. The molecule has 1 heterocycles. The summed E-state index contributed by atoms with van der Waals surface area (Å²) in [7, 11) is 0. The summed E-state index contributed by atoms with van der Waals surface area (Å²) >= 11 is 0. The molecule has 0 saturated heterocycles. The van der Waals surface area contributed by atoms with Gasteiger partial charge in [0.25, 0.3) is 0 Å². The highest BCUT2D eigenvalue weighted by molar-refractivity contribution is 5.69. The molecule has 6 nitrogen and oxygen atoms in total. The summed E-state index contributed by atoms with van der Waals surface area (Å²) in [5.74, 6) is -0.433. The molecule has 0 amide bonds. The molecule has 0 aliphatic carbocycles. The average molecular weight is 376 g/mol. The zero-order valence-corrected chi connectivity index (χ0v) is 16.1. The number of aliphatic carboxylic acids is 1. The maximum atomic E-state index is 11.1. The number of unbranched alkanes of at least 4 members (excludes halogenated alkanes) is 5. The predicted molar refractivity (Wildman–Crippen MR) is 108 cm³/mol. The van der Waals surface area contributed by atoms with Gasteiger partial charge in [0, 0.05) is 6.42 Å². The Labute approximate surface area is 161 Å². The lowest BCUT2D eigenvalue weighted by molar-refractivity contribution is -0.137. The van der Waals surface area contributed by atoms with Crippen LogP contribution in [0.15, 0.2) is 24.3 Å². The van der Waals surface area contributed by atoms with Gasteiger partial charge in [0.1, 0.15) is 12.1 Å². The van der Waals surface area contributed by atoms with Crippen LogP contribution in [0.4, 0.5) is 5.82 Å². The second-order valence-corrected chi connectivity index (χ2v) is 6.75. The second kappa shape index (κ2) is 13.9. The molecule has 0 saturated carbocycles. The van der Waals surface area contributed by atoms with Gasteiger partial charge in [-0.2, -0.15) is 0 Å². The van der Waals surface area contributed by atoms with Crippen LogP contribution in [0.1, 0.15) is 70.4 Å². The van der Waals surface area contributed by atoms with Crippen LogP contribution >= 0.6 is 0 Å². The van der Waals surface area contributed by atoms with Crippen molar-refractivity contribution in [2.75, 3.05) is 5.32 Å². The van der Waals surface area contributed by atoms with E-state index in [4.69, 9.17) is 5.11 Å². The third-order valence-corrected chi connectivity index (χ3v) is 4.28. The monoisotopic (exact) mass is 376 g/mol. The highest BCUT2D eigenvalue weighted by Crippen LogP contribution is 2.12. The normalized spacial score (nSPS) is 13.4. The van der Waals surface area contributed by atoms with Crippen LogP contribution in [-0.4, -0.2) is 39.6 Å². The van der Waals surface area contributed by atoms with Crippen LogP contribution in [0.5, 0.6) is 0 Å². The predicted octanol–water partition coefficient (Wildman–Crippen LogP) is 4.05. The van der Waals surface area contributed by atoms with Crippen LogP contribution < -0.4 is 5.32 Å². The van der Waals surface area contributed by atoms with Crippen molar-refractivity contribution in [1.29, 1.82) is 0 Å². The zero-order valence-electron chi connectivity index (χ0n) is 16.1. The molecule has 6 heteroatoms. The number of nitrogens with one attached hydrogen (secondary N) is 1. The third kappa shape index (κ3) is 11.2. The first kappa shape index (κ1) is 22.8. The molecule has 0 bridgehead atoms. The van der Waals surface area contributed by atoms with E-state index in [0.717, 1.165) is 19.3 Å². The number of carbonyl (C=O) groups excluding carboxylic acids is 1. The fraction of sp³-hybridized carbons (Fsp3) is 0.571. The first-order valence-corrected chi connectivity index (χ1v) is 9.82. The SMILES string of the molecule is CCCCCCCCC(O)/C=C/c1cccc(NC(C=O)CCC(=O)O)n1. The Bertz CT molecular complexity index is 589. The molecule has 0 aliphatic rings. The quantitative estimate of drug-likeness (QED) is 0.315. The number of carboxylic acid groups (broad SMARTS) is 1. The Morgan fingerprint density at radius 2 is 1.93 bits per heavy atom. The number of rotatable bonds is 15. The summed E-state index contributed by atoms with van der Waals surface area (Å²) in [5, 5.41) is 21.7. The highest BCUT2D eigenvalue weighted by Gasteiger charge is 2.10.